The molecule has 0 fully saturated rings. The molecule has 0 aliphatic rings. The van der Waals surface area contributed by atoms with Crippen molar-refractivity contribution >= 4 is 17.6 Å². The Morgan fingerprint density at radius 3 is 2.27 bits per heavy atom. The number of methoxy groups -OCH3 is 2. The van der Waals surface area contributed by atoms with Gasteiger partial charge in [-0.1, -0.05) is 18.2 Å². The van der Waals surface area contributed by atoms with Crippen LogP contribution in [0.3, 0.4) is 0 Å². The van der Waals surface area contributed by atoms with Gasteiger partial charge >= 0.3 is 5.97 Å². The van der Waals surface area contributed by atoms with Crippen molar-refractivity contribution in [3.05, 3.63) is 62.7 Å². The summed E-state index contributed by atoms with van der Waals surface area (Å²) in [6.45, 7) is 5.20. The smallest absolute Gasteiger partial charge is 0.345 e. The molecule has 0 heterocycles. The number of esters is 1. The van der Waals surface area contributed by atoms with E-state index >= 15 is 0 Å². The highest BCUT2D eigenvalue weighted by molar-refractivity contribution is 5.96. The summed E-state index contributed by atoms with van der Waals surface area (Å²) in [7, 11) is 2.65. The Kier molecular flexibility index (Phi) is 7.35. The maximum absolute atomic E-state index is 12.4. The lowest BCUT2D eigenvalue weighted by atomic mass is 10.0. The van der Waals surface area contributed by atoms with Crippen LogP contribution in [-0.2, 0) is 9.53 Å². The number of aryl methyl sites for hydroxylation is 2. The number of nitrogens with one attached hydrogen (secondary N) is 1. The van der Waals surface area contributed by atoms with Crippen molar-refractivity contribution in [3.8, 4) is 11.5 Å². The molecule has 0 spiro atoms. The molecule has 9 heteroatoms. The molecule has 2 aromatic rings. The SMILES string of the molecule is COc1cc(C(=O)OCC(=O)N[C@H](C)c2ccc(C)c(C)c2)c([N+](=O)[O-])cc1OC. The second-order valence-electron chi connectivity index (χ2n) is 6.69. The summed E-state index contributed by atoms with van der Waals surface area (Å²) in [5.41, 5.74) is 2.30. The molecule has 2 aromatic carbocycles. The predicted molar refractivity (Wildman–Crippen MR) is 109 cm³/mol. The number of nitrogens with zero attached hydrogens (tertiary/aromatic N) is 1. The van der Waals surface area contributed by atoms with Crippen LogP contribution in [0.2, 0.25) is 0 Å². The molecular weight excluding hydrogens is 392 g/mol. The number of nitro benzene ring substituents is 1. The minimum atomic E-state index is -1.02. The van der Waals surface area contributed by atoms with Gasteiger partial charge in [-0.25, -0.2) is 4.79 Å². The van der Waals surface area contributed by atoms with E-state index in [-0.39, 0.29) is 23.1 Å². The second-order valence-corrected chi connectivity index (χ2v) is 6.69. The van der Waals surface area contributed by atoms with Crippen molar-refractivity contribution in [2.45, 2.75) is 26.8 Å². The Morgan fingerprint density at radius 1 is 1.07 bits per heavy atom. The van der Waals surface area contributed by atoms with E-state index in [9.17, 15) is 19.7 Å². The molecule has 0 aromatic heterocycles. The van der Waals surface area contributed by atoms with Crippen LogP contribution in [0.4, 0.5) is 5.69 Å². The second kappa shape index (κ2) is 9.73. The van der Waals surface area contributed by atoms with E-state index in [1.807, 2.05) is 39.0 Å². The summed E-state index contributed by atoms with van der Waals surface area (Å²) in [5.74, 6) is -1.32. The van der Waals surface area contributed by atoms with Gasteiger partial charge in [-0.15, -0.1) is 0 Å². The number of hydrogen-bond donors (Lipinski definition) is 1. The summed E-state index contributed by atoms with van der Waals surface area (Å²) in [6.07, 6.45) is 0. The van der Waals surface area contributed by atoms with Crippen LogP contribution in [0.1, 0.15) is 40.0 Å². The third-order valence-corrected chi connectivity index (χ3v) is 4.66. The monoisotopic (exact) mass is 416 g/mol. The van der Waals surface area contributed by atoms with Gasteiger partial charge < -0.3 is 19.5 Å². The Morgan fingerprint density at radius 2 is 1.70 bits per heavy atom. The molecular formula is C21H24N2O7. The van der Waals surface area contributed by atoms with E-state index in [1.54, 1.807) is 0 Å². The number of carbonyl (C=O) groups excluding carboxylic acids is 2. The lowest BCUT2D eigenvalue weighted by molar-refractivity contribution is -0.385. The third-order valence-electron chi connectivity index (χ3n) is 4.66. The average Bonchev–Trinajstić information content (AvgIpc) is 2.72. The summed E-state index contributed by atoms with van der Waals surface area (Å²) < 4.78 is 15.1. The summed E-state index contributed by atoms with van der Waals surface area (Å²) in [5, 5.41) is 14.0. The molecule has 0 unspecified atom stereocenters. The van der Waals surface area contributed by atoms with Crippen LogP contribution in [-0.4, -0.2) is 37.6 Å². The van der Waals surface area contributed by atoms with Crippen LogP contribution in [0.15, 0.2) is 30.3 Å². The van der Waals surface area contributed by atoms with Crippen molar-refractivity contribution in [1.82, 2.24) is 5.32 Å². The third kappa shape index (κ3) is 5.25. The van der Waals surface area contributed by atoms with Crippen LogP contribution in [0.5, 0.6) is 11.5 Å². The fraction of sp³-hybridized carbons (Fsp3) is 0.333. The van der Waals surface area contributed by atoms with Gasteiger partial charge in [0.1, 0.15) is 5.56 Å². The largest absolute Gasteiger partial charge is 0.493 e. The van der Waals surface area contributed by atoms with Gasteiger partial charge in [0.15, 0.2) is 18.1 Å². The number of amides is 1. The van der Waals surface area contributed by atoms with E-state index in [1.165, 1.54) is 14.2 Å². The minimum Gasteiger partial charge on any atom is -0.493 e. The zero-order valence-corrected chi connectivity index (χ0v) is 17.5. The molecule has 2 rings (SSSR count). The first-order valence-electron chi connectivity index (χ1n) is 9.12. The average molecular weight is 416 g/mol. The first-order chi connectivity index (χ1) is 14.2. The minimum absolute atomic E-state index is 0.0979. The van der Waals surface area contributed by atoms with Crippen molar-refractivity contribution < 1.29 is 28.7 Å². The lowest BCUT2D eigenvalue weighted by Crippen LogP contribution is -2.31. The van der Waals surface area contributed by atoms with Gasteiger partial charge in [-0.2, -0.15) is 0 Å². The van der Waals surface area contributed by atoms with E-state index < -0.39 is 29.1 Å². The maximum Gasteiger partial charge on any atom is 0.345 e. The fourth-order valence-electron chi connectivity index (χ4n) is 2.79. The predicted octanol–water partition coefficient (Wildman–Crippen LogP) is 3.26. The maximum atomic E-state index is 12.4. The van der Waals surface area contributed by atoms with E-state index in [2.05, 4.69) is 5.32 Å². The summed E-state index contributed by atoms with van der Waals surface area (Å²) >= 11 is 0. The van der Waals surface area contributed by atoms with Crippen molar-refractivity contribution in [2.24, 2.45) is 0 Å². The Bertz CT molecular complexity index is 972. The van der Waals surface area contributed by atoms with Gasteiger partial charge in [0.05, 0.1) is 31.3 Å². The number of benzene rings is 2. The topological polar surface area (TPSA) is 117 Å². The first kappa shape index (κ1) is 22.7. The van der Waals surface area contributed by atoms with Gasteiger partial charge in [-0.3, -0.25) is 14.9 Å². The molecule has 160 valence electrons. The van der Waals surface area contributed by atoms with Crippen LogP contribution in [0, 0.1) is 24.0 Å². The summed E-state index contributed by atoms with van der Waals surface area (Å²) in [4.78, 5) is 35.1. The van der Waals surface area contributed by atoms with Gasteiger partial charge in [-0.05, 0) is 37.5 Å². The summed E-state index contributed by atoms with van der Waals surface area (Å²) in [6, 6.07) is 7.76. The van der Waals surface area contributed by atoms with Crippen molar-refractivity contribution in [3.63, 3.8) is 0 Å². The molecule has 9 nitrogen and oxygen atoms in total. The Labute approximate surface area is 174 Å². The van der Waals surface area contributed by atoms with Crippen molar-refractivity contribution in [2.75, 3.05) is 20.8 Å². The molecule has 0 radical (unpaired) electrons. The highest BCUT2D eigenvalue weighted by atomic mass is 16.6. The van der Waals surface area contributed by atoms with Crippen LogP contribution >= 0.6 is 0 Å². The van der Waals surface area contributed by atoms with E-state index in [4.69, 9.17) is 14.2 Å². The molecule has 1 N–H and O–H groups in total. The lowest BCUT2D eigenvalue weighted by Gasteiger charge is -2.16. The first-order valence-corrected chi connectivity index (χ1v) is 9.12. The molecule has 30 heavy (non-hydrogen) atoms. The fourth-order valence-corrected chi connectivity index (χ4v) is 2.79. The highest BCUT2D eigenvalue weighted by Gasteiger charge is 2.26. The molecule has 1 atom stereocenters. The van der Waals surface area contributed by atoms with Crippen LogP contribution in [0.25, 0.3) is 0 Å². The molecule has 0 saturated heterocycles. The molecule has 0 aliphatic heterocycles. The van der Waals surface area contributed by atoms with Gasteiger partial charge in [0, 0.05) is 6.07 Å². The standard InChI is InChI=1S/C21H24N2O7/c1-12-6-7-15(8-13(12)2)14(3)22-20(24)11-30-21(25)16-9-18(28-4)19(29-5)10-17(16)23(26)27/h6-10,14H,11H2,1-5H3,(H,22,24)/t14-/m1/s1. The molecule has 1 amide bonds. The number of rotatable bonds is 8. The van der Waals surface area contributed by atoms with Gasteiger partial charge in [0.2, 0.25) is 0 Å². The Hall–Kier alpha value is -3.62. The van der Waals surface area contributed by atoms with E-state index in [0.29, 0.717) is 0 Å². The van der Waals surface area contributed by atoms with Crippen LogP contribution < -0.4 is 14.8 Å². The van der Waals surface area contributed by atoms with Gasteiger partial charge in [0.25, 0.3) is 11.6 Å². The molecule has 0 saturated carbocycles. The normalized spacial score (nSPS) is 11.4. The Balaban J connectivity index is 2.08. The number of nitro groups is 1. The molecule has 0 aliphatic carbocycles. The quantitative estimate of drug-likeness (QED) is 0.399. The van der Waals surface area contributed by atoms with Crippen molar-refractivity contribution in [1.29, 1.82) is 0 Å². The zero-order valence-electron chi connectivity index (χ0n) is 17.5. The molecule has 0 bridgehead atoms. The number of hydrogen-bond acceptors (Lipinski definition) is 7. The zero-order chi connectivity index (χ0) is 22.4. The number of carbonyl (C=O) groups is 2. The van der Waals surface area contributed by atoms with E-state index in [0.717, 1.165) is 28.8 Å². The number of ether oxygens (including phenoxy) is 3. The highest BCUT2D eigenvalue weighted by Crippen LogP contribution is 2.34.